The summed E-state index contributed by atoms with van der Waals surface area (Å²) in [6.45, 7) is 1.68. The van der Waals surface area contributed by atoms with Gasteiger partial charge in [0.1, 0.15) is 11.5 Å². The summed E-state index contributed by atoms with van der Waals surface area (Å²) in [5.41, 5.74) is 0.274. The third-order valence-electron chi connectivity index (χ3n) is 2.68. The molecule has 0 aliphatic heterocycles. The number of rotatable bonds is 3. The van der Waals surface area contributed by atoms with Crippen LogP contribution in [0.25, 0.3) is 0 Å². The van der Waals surface area contributed by atoms with E-state index < -0.39 is 11.7 Å². The molecule has 0 aliphatic rings. The lowest BCUT2D eigenvalue weighted by molar-refractivity contribution is -0.138. The Bertz CT molecular complexity index is 614. The van der Waals surface area contributed by atoms with Crippen LogP contribution >= 0.6 is 15.9 Å². The lowest BCUT2D eigenvalue weighted by Gasteiger charge is -2.15. The Labute approximate surface area is 122 Å². The molecule has 0 bridgehead atoms. The average Bonchev–Trinajstić information content (AvgIpc) is 2.40. The van der Waals surface area contributed by atoms with Crippen LogP contribution in [0.5, 0.6) is 11.5 Å². The van der Waals surface area contributed by atoms with Crippen LogP contribution in [0.15, 0.2) is 36.5 Å². The number of aryl methyl sites for hydroxylation is 1. The first-order valence-electron chi connectivity index (χ1n) is 5.77. The molecule has 1 aromatic heterocycles. The molecule has 0 saturated heterocycles. The van der Waals surface area contributed by atoms with Gasteiger partial charge < -0.3 is 4.74 Å². The van der Waals surface area contributed by atoms with E-state index in [1.165, 1.54) is 6.07 Å². The lowest BCUT2D eigenvalue weighted by atomic mass is 10.1. The van der Waals surface area contributed by atoms with Crippen molar-refractivity contribution in [2.45, 2.75) is 18.4 Å². The molecule has 0 atom stereocenters. The van der Waals surface area contributed by atoms with Crippen molar-refractivity contribution < 1.29 is 17.9 Å². The number of ether oxygens (including phenoxy) is 1. The number of alkyl halides is 4. The van der Waals surface area contributed by atoms with Gasteiger partial charge in [0.15, 0.2) is 0 Å². The Morgan fingerprint density at radius 2 is 1.95 bits per heavy atom. The zero-order chi connectivity index (χ0) is 14.8. The first-order valence-corrected chi connectivity index (χ1v) is 6.89. The van der Waals surface area contributed by atoms with Gasteiger partial charge in [0, 0.05) is 11.5 Å². The molecule has 0 N–H and O–H groups in total. The average molecular weight is 346 g/mol. The number of hydrogen-bond donors (Lipinski definition) is 0. The molecular weight excluding hydrogens is 335 g/mol. The monoisotopic (exact) mass is 345 g/mol. The number of halogens is 4. The van der Waals surface area contributed by atoms with Crippen LogP contribution in [-0.2, 0) is 11.5 Å². The smallest absolute Gasteiger partial charge is 0.419 e. The molecule has 0 radical (unpaired) electrons. The zero-order valence-electron chi connectivity index (χ0n) is 10.5. The van der Waals surface area contributed by atoms with Gasteiger partial charge in [-0.25, -0.2) is 0 Å². The van der Waals surface area contributed by atoms with Crippen LogP contribution in [0.4, 0.5) is 13.2 Å². The van der Waals surface area contributed by atoms with Crippen molar-refractivity contribution in [3.05, 3.63) is 53.3 Å². The minimum absolute atomic E-state index is 0.224. The SMILES string of the molecule is Cc1ncccc1Oc1ccc(CBr)cc1C(F)(F)F. The van der Waals surface area contributed by atoms with Crippen molar-refractivity contribution in [1.82, 2.24) is 4.98 Å². The minimum Gasteiger partial charge on any atom is -0.455 e. The summed E-state index contributed by atoms with van der Waals surface area (Å²) in [5.74, 6) is 0.0860. The first kappa shape index (κ1) is 14.8. The fourth-order valence-corrected chi connectivity index (χ4v) is 2.02. The standard InChI is InChI=1S/C14H11BrF3NO/c1-9-12(3-2-6-19-9)20-13-5-4-10(8-15)7-11(13)14(16,17)18/h2-7H,8H2,1H3. The van der Waals surface area contributed by atoms with E-state index in [2.05, 4.69) is 20.9 Å². The second-order valence-corrected chi connectivity index (χ2v) is 4.71. The van der Waals surface area contributed by atoms with E-state index in [0.717, 1.165) is 6.07 Å². The fourth-order valence-electron chi connectivity index (χ4n) is 1.67. The van der Waals surface area contributed by atoms with Gasteiger partial charge in [-0.15, -0.1) is 0 Å². The summed E-state index contributed by atoms with van der Waals surface area (Å²) in [5, 5.41) is 0.349. The maximum absolute atomic E-state index is 13.1. The largest absolute Gasteiger partial charge is 0.455 e. The second-order valence-electron chi connectivity index (χ2n) is 4.15. The molecule has 2 rings (SSSR count). The lowest BCUT2D eigenvalue weighted by Crippen LogP contribution is -2.08. The Balaban J connectivity index is 2.44. The molecule has 106 valence electrons. The van der Waals surface area contributed by atoms with Crippen molar-refractivity contribution >= 4 is 15.9 Å². The van der Waals surface area contributed by atoms with Gasteiger partial charge in [-0.3, -0.25) is 4.98 Å². The van der Waals surface area contributed by atoms with Gasteiger partial charge in [0.05, 0.1) is 11.3 Å². The molecule has 0 aliphatic carbocycles. The molecule has 0 fully saturated rings. The number of aromatic nitrogens is 1. The molecule has 1 aromatic carbocycles. The number of benzene rings is 1. The first-order chi connectivity index (χ1) is 9.41. The maximum Gasteiger partial charge on any atom is 0.419 e. The molecular formula is C14H11BrF3NO. The molecule has 20 heavy (non-hydrogen) atoms. The van der Waals surface area contributed by atoms with Crippen molar-refractivity contribution in [3.8, 4) is 11.5 Å². The highest BCUT2D eigenvalue weighted by Crippen LogP contribution is 2.39. The summed E-state index contributed by atoms with van der Waals surface area (Å²) >= 11 is 3.14. The zero-order valence-corrected chi connectivity index (χ0v) is 12.1. The fraction of sp³-hybridized carbons (Fsp3) is 0.214. The van der Waals surface area contributed by atoms with Gasteiger partial charge >= 0.3 is 6.18 Å². The molecule has 0 unspecified atom stereocenters. The van der Waals surface area contributed by atoms with Crippen LogP contribution in [0.3, 0.4) is 0 Å². The van der Waals surface area contributed by atoms with E-state index in [9.17, 15) is 13.2 Å². The molecule has 0 saturated carbocycles. The van der Waals surface area contributed by atoms with Crippen molar-refractivity contribution in [2.75, 3.05) is 0 Å². The van der Waals surface area contributed by atoms with E-state index in [0.29, 0.717) is 22.3 Å². The molecule has 1 heterocycles. The summed E-state index contributed by atoms with van der Waals surface area (Å²) in [4.78, 5) is 3.99. The van der Waals surface area contributed by atoms with Crippen LogP contribution in [0, 0.1) is 6.92 Å². The van der Waals surface area contributed by atoms with E-state index in [-0.39, 0.29) is 5.75 Å². The highest BCUT2D eigenvalue weighted by molar-refractivity contribution is 9.08. The minimum atomic E-state index is -4.47. The normalized spacial score (nSPS) is 11.4. The van der Waals surface area contributed by atoms with Crippen molar-refractivity contribution in [1.29, 1.82) is 0 Å². The van der Waals surface area contributed by atoms with Crippen LogP contribution < -0.4 is 4.74 Å². The van der Waals surface area contributed by atoms with E-state index >= 15 is 0 Å². The Morgan fingerprint density at radius 1 is 1.20 bits per heavy atom. The van der Waals surface area contributed by atoms with Crippen molar-refractivity contribution in [2.24, 2.45) is 0 Å². The summed E-state index contributed by atoms with van der Waals surface area (Å²) in [6, 6.07) is 7.19. The molecule has 0 spiro atoms. The summed E-state index contributed by atoms with van der Waals surface area (Å²) in [6.07, 6.45) is -2.91. The van der Waals surface area contributed by atoms with E-state index in [4.69, 9.17) is 4.74 Å². The van der Waals surface area contributed by atoms with Crippen LogP contribution in [-0.4, -0.2) is 4.98 Å². The number of hydrogen-bond acceptors (Lipinski definition) is 2. The van der Waals surface area contributed by atoms with Gasteiger partial charge in [-0.1, -0.05) is 22.0 Å². The van der Waals surface area contributed by atoms with Gasteiger partial charge in [0.25, 0.3) is 0 Å². The quantitative estimate of drug-likeness (QED) is 0.722. The molecule has 2 aromatic rings. The highest BCUT2D eigenvalue weighted by Gasteiger charge is 2.34. The molecule has 0 amide bonds. The van der Waals surface area contributed by atoms with Crippen molar-refractivity contribution in [3.63, 3.8) is 0 Å². The predicted octanol–water partition coefficient (Wildman–Crippen LogP) is 5.10. The summed E-state index contributed by atoms with van der Waals surface area (Å²) in [7, 11) is 0. The predicted molar refractivity (Wildman–Crippen MR) is 73.1 cm³/mol. The van der Waals surface area contributed by atoms with Crippen LogP contribution in [0.1, 0.15) is 16.8 Å². The van der Waals surface area contributed by atoms with E-state index in [1.807, 2.05) is 0 Å². The van der Waals surface area contributed by atoms with E-state index in [1.54, 1.807) is 31.3 Å². The van der Waals surface area contributed by atoms with Gasteiger partial charge in [-0.2, -0.15) is 13.2 Å². The summed E-state index contributed by atoms with van der Waals surface area (Å²) < 4.78 is 44.5. The van der Waals surface area contributed by atoms with Gasteiger partial charge in [0.2, 0.25) is 0 Å². The third kappa shape index (κ3) is 3.30. The maximum atomic E-state index is 13.1. The van der Waals surface area contributed by atoms with Crippen LogP contribution in [0.2, 0.25) is 0 Å². The van der Waals surface area contributed by atoms with Gasteiger partial charge in [-0.05, 0) is 36.8 Å². The Kier molecular flexibility index (Phi) is 4.32. The number of nitrogens with zero attached hydrogens (tertiary/aromatic N) is 1. The highest BCUT2D eigenvalue weighted by atomic mass is 79.9. The Hall–Kier alpha value is -1.56. The number of pyridine rings is 1. The Morgan fingerprint density at radius 3 is 2.55 bits per heavy atom. The molecule has 6 heteroatoms. The third-order valence-corrected chi connectivity index (χ3v) is 3.33. The topological polar surface area (TPSA) is 22.1 Å². The second kappa shape index (κ2) is 5.83. The molecule has 2 nitrogen and oxygen atoms in total.